The third-order valence-corrected chi connectivity index (χ3v) is 8.20. The minimum Gasteiger partial charge on any atom is -0.424 e. The second-order valence-electron chi connectivity index (χ2n) is 10.4. The van der Waals surface area contributed by atoms with Crippen molar-refractivity contribution in [1.29, 1.82) is 0 Å². The molecule has 0 N–H and O–H groups in total. The maximum atomic E-state index is 15.8. The molecular formula is C31H33ClF2N6O3S2. The largest absolute Gasteiger partial charge is 0.424 e. The van der Waals surface area contributed by atoms with Crippen LogP contribution in [0.1, 0.15) is 32.1 Å². The van der Waals surface area contributed by atoms with Crippen molar-refractivity contribution in [3.63, 3.8) is 0 Å². The number of nitrogens with zero attached hydrogens (tertiary/aromatic N) is 6. The average molecular weight is 675 g/mol. The Bertz CT molecular complexity index is 1840. The summed E-state index contributed by atoms with van der Waals surface area (Å²) in [6.45, 7) is 2.75. The maximum Gasteiger partial charge on any atom is 0.321 e. The summed E-state index contributed by atoms with van der Waals surface area (Å²) in [6, 6.07) is 9.20. The molecule has 2 aromatic carbocycles. The first-order chi connectivity index (χ1) is 20.4. The molecule has 5 heterocycles. The number of hydrogen-bond donors (Lipinski definition) is 0. The number of halogens is 3. The van der Waals surface area contributed by atoms with Gasteiger partial charge in [-0.05, 0) is 37.6 Å². The smallest absolute Gasteiger partial charge is 0.321 e. The van der Waals surface area contributed by atoms with Crippen LogP contribution in [-0.2, 0) is 9.53 Å². The highest BCUT2D eigenvalue weighted by Gasteiger charge is 2.38. The molecule has 14 heteroatoms. The van der Waals surface area contributed by atoms with Crippen molar-refractivity contribution in [3.05, 3.63) is 71.7 Å². The normalized spacial score (nSPS) is 19.2. The van der Waals surface area contributed by atoms with E-state index < -0.39 is 24.1 Å². The number of likely N-dealkylation sites (tertiary alicyclic amines) is 1. The predicted molar refractivity (Wildman–Crippen MR) is 179 cm³/mol. The fourth-order valence-corrected chi connectivity index (χ4v) is 6.04. The van der Waals surface area contributed by atoms with E-state index in [1.165, 1.54) is 6.07 Å². The Morgan fingerprint density at radius 3 is 2.49 bits per heavy atom. The Labute approximate surface area is 277 Å². The monoisotopic (exact) mass is 674 g/mol. The molecule has 2 fully saturated rings. The molecule has 3 aromatic heterocycles. The van der Waals surface area contributed by atoms with Gasteiger partial charge in [0.15, 0.2) is 0 Å². The van der Waals surface area contributed by atoms with Crippen molar-refractivity contribution in [3.8, 4) is 22.9 Å². The molecule has 0 radical (unpaired) electrons. The minimum absolute atomic E-state index is 0. The third kappa shape index (κ3) is 6.31. The van der Waals surface area contributed by atoms with Crippen LogP contribution in [0.25, 0.3) is 33.1 Å². The van der Waals surface area contributed by atoms with Crippen LogP contribution in [0.15, 0.2) is 55.0 Å². The summed E-state index contributed by atoms with van der Waals surface area (Å²) in [5.74, 6) is 0.348. The van der Waals surface area contributed by atoms with Crippen LogP contribution < -0.4 is 4.74 Å². The second kappa shape index (κ2) is 13.9. The van der Waals surface area contributed by atoms with E-state index in [1.54, 1.807) is 53.8 Å². The van der Waals surface area contributed by atoms with Crippen molar-refractivity contribution in [2.75, 3.05) is 19.7 Å². The molecule has 0 aliphatic carbocycles. The fraction of sp³-hybridized carbons (Fsp3) is 0.323. The summed E-state index contributed by atoms with van der Waals surface area (Å²) in [5.41, 5.74) is 2.35. The summed E-state index contributed by atoms with van der Waals surface area (Å²) >= 11 is 6.61. The zero-order valence-corrected chi connectivity index (χ0v) is 26.3. The molecular weight excluding hydrogens is 642 g/mol. The molecule has 0 saturated carbocycles. The number of aromatic nitrogens is 5. The molecule has 0 bridgehead atoms. The van der Waals surface area contributed by atoms with Crippen molar-refractivity contribution >= 4 is 66.4 Å². The third-order valence-electron chi connectivity index (χ3n) is 7.89. The maximum absolute atomic E-state index is 15.8. The van der Waals surface area contributed by atoms with Crippen LogP contribution >= 0.6 is 38.6 Å². The molecule has 9 nitrogen and oxygen atoms in total. The highest BCUT2D eigenvalue weighted by atomic mass is 35.5. The molecule has 0 spiro atoms. The summed E-state index contributed by atoms with van der Waals surface area (Å²) in [5, 5.41) is 0.884. The number of aryl methyl sites for hydroxylation is 1. The van der Waals surface area contributed by atoms with Crippen LogP contribution in [0.3, 0.4) is 0 Å². The van der Waals surface area contributed by atoms with E-state index >= 15 is 8.78 Å². The molecule has 2 saturated heterocycles. The topological polar surface area (TPSA) is 95.3 Å². The first kappa shape index (κ1) is 34.4. The number of piperidine rings is 1. The molecule has 7 rings (SSSR count). The molecule has 3 atom stereocenters. The zero-order valence-electron chi connectivity index (χ0n) is 23.5. The van der Waals surface area contributed by atoms with E-state index in [2.05, 4.69) is 19.9 Å². The lowest BCUT2D eigenvalue weighted by Gasteiger charge is -2.39. The number of benzene rings is 2. The van der Waals surface area contributed by atoms with Gasteiger partial charge in [-0.3, -0.25) is 9.78 Å². The highest BCUT2D eigenvalue weighted by Crippen LogP contribution is 2.39. The van der Waals surface area contributed by atoms with Gasteiger partial charge in [0.1, 0.15) is 35.2 Å². The Morgan fingerprint density at radius 2 is 1.82 bits per heavy atom. The van der Waals surface area contributed by atoms with Gasteiger partial charge in [-0.15, -0.1) is 0 Å². The molecule has 1 amide bonds. The summed E-state index contributed by atoms with van der Waals surface area (Å²) in [7, 11) is 0. The van der Waals surface area contributed by atoms with Gasteiger partial charge in [-0.2, -0.15) is 27.0 Å². The van der Waals surface area contributed by atoms with Gasteiger partial charge in [0.2, 0.25) is 0 Å². The molecule has 5 aromatic rings. The van der Waals surface area contributed by atoms with Gasteiger partial charge in [-0.25, -0.2) is 23.7 Å². The lowest BCUT2D eigenvalue weighted by atomic mass is 9.99. The Morgan fingerprint density at radius 1 is 1.07 bits per heavy atom. The van der Waals surface area contributed by atoms with Gasteiger partial charge in [0.05, 0.1) is 41.4 Å². The van der Waals surface area contributed by atoms with Crippen LogP contribution in [0, 0.1) is 12.7 Å². The second-order valence-corrected chi connectivity index (χ2v) is 10.9. The Hall–Kier alpha value is -3.52. The van der Waals surface area contributed by atoms with Gasteiger partial charge >= 0.3 is 6.01 Å². The van der Waals surface area contributed by atoms with E-state index in [9.17, 15) is 4.79 Å². The molecule has 2 aliphatic rings. The average Bonchev–Trinajstić information content (AvgIpc) is 3.28. The van der Waals surface area contributed by atoms with E-state index in [1.807, 2.05) is 11.5 Å². The number of carbonyl (C=O) groups is 1. The molecule has 2 aliphatic heterocycles. The van der Waals surface area contributed by atoms with Crippen molar-refractivity contribution in [2.24, 2.45) is 0 Å². The SMILES string of the molecule is C.Cc1nc2cnc3cc(F)c(-c4ccc(Oc5ncccn5)cc4Cl)cc3c2n1[C@H]1CCN(C(=O)C2CCO2)C[C@@H]1F.S.S. The van der Waals surface area contributed by atoms with Gasteiger partial charge in [0.25, 0.3) is 5.91 Å². The molecule has 1 unspecified atom stereocenters. The van der Waals surface area contributed by atoms with Gasteiger partial charge in [0, 0.05) is 54.0 Å². The Balaban J connectivity index is 0.00000154. The van der Waals surface area contributed by atoms with Crippen LogP contribution in [-0.4, -0.2) is 67.3 Å². The molecule has 238 valence electrons. The first-order valence-electron chi connectivity index (χ1n) is 13.6. The van der Waals surface area contributed by atoms with Crippen molar-refractivity contribution < 1.29 is 23.0 Å². The van der Waals surface area contributed by atoms with Crippen LogP contribution in [0.5, 0.6) is 11.8 Å². The lowest BCUT2D eigenvalue weighted by molar-refractivity contribution is -0.158. The number of alkyl halides is 1. The Kier molecular flexibility index (Phi) is 10.6. The van der Waals surface area contributed by atoms with Crippen LogP contribution in [0.2, 0.25) is 5.02 Å². The number of carbonyl (C=O) groups excluding carboxylic acids is 1. The van der Waals surface area contributed by atoms with Gasteiger partial charge in [-0.1, -0.05) is 19.0 Å². The number of amides is 1. The zero-order chi connectivity index (χ0) is 29.0. The predicted octanol–water partition coefficient (Wildman–Crippen LogP) is 6.70. The lowest BCUT2D eigenvalue weighted by Crippen LogP contribution is -2.52. The number of imidazole rings is 1. The number of fused-ring (bicyclic) bond motifs is 3. The quantitative estimate of drug-likeness (QED) is 0.205. The van der Waals surface area contributed by atoms with Crippen molar-refractivity contribution in [2.45, 2.75) is 45.5 Å². The number of rotatable bonds is 5. The van der Waals surface area contributed by atoms with Crippen LogP contribution in [0.4, 0.5) is 8.78 Å². The van der Waals surface area contributed by atoms with E-state index in [0.717, 1.165) is 0 Å². The molecule has 45 heavy (non-hydrogen) atoms. The number of hydrogen-bond acceptors (Lipinski definition) is 7. The standard InChI is InChI=1S/C30H25ClF2N6O3.CH4.2H2S/c1-16-37-25-14-36-24-13-22(32)19(18-4-3-17(11-21(18)31)42-30-34-7-2-8-35-30)12-20(24)28(25)39(16)26-5-9-38(15-23(26)33)29(40)27-6-10-41-27;;;/h2-4,7-8,11-14,23,26-27H,5-6,9-10,15H2,1H3;1H4;2*1H2/t23-,26-,27?;;;/m0.../s1. The van der Waals surface area contributed by atoms with Crippen molar-refractivity contribution in [1.82, 2.24) is 29.4 Å². The summed E-state index contributed by atoms with van der Waals surface area (Å²) < 4.78 is 44.1. The van der Waals surface area contributed by atoms with E-state index in [4.69, 9.17) is 21.1 Å². The summed E-state index contributed by atoms with van der Waals surface area (Å²) in [4.78, 5) is 31.4. The van der Waals surface area contributed by atoms with Gasteiger partial charge < -0.3 is 18.9 Å². The van der Waals surface area contributed by atoms with E-state index in [-0.39, 0.29) is 63.5 Å². The minimum atomic E-state index is -1.32. The summed E-state index contributed by atoms with van der Waals surface area (Å²) in [6.07, 6.45) is 3.97. The number of pyridine rings is 1. The number of ether oxygens (including phenoxy) is 2. The fourth-order valence-electron chi connectivity index (χ4n) is 5.77. The van der Waals surface area contributed by atoms with E-state index in [0.29, 0.717) is 65.1 Å². The highest BCUT2D eigenvalue weighted by molar-refractivity contribution is 7.59. The first-order valence-corrected chi connectivity index (χ1v) is 14.0.